The van der Waals surface area contributed by atoms with Gasteiger partial charge in [0.05, 0.1) is 12.1 Å². The number of hydrogen-bond donors (Lipinski definition) is 2. The molecule has 3 N–H and O–H groups in total. The second kappa shape index (κ2) is 10.2. The molecule has 1 aliphatic rings. The summed E-state index contributed by atoms with van der Waals surface area (Å²) in [4.78, 5) is 27.3. The van der Waals surface area contributed by atoms with Crippen LogP contribution in [-0.2, 0) is 6.42 Å². The zero-order valence-corrected chi connectivity index (χ0v) is 18.8. The van der Waals surface area contributed by atoms with E-state index in [1.54, 1.807) is 31.2 Å². The molecule has 2 amide bonds. The number of carbonyl (C=O) groups excluding carboxylic acids is 2. The van der Waals surface area contributed by atoms with Crippen LogP contribution in [0.1, 0.15) is 42.6 Å². The molecular formula is C25H32FN3O3. The maximum Gasteiger partial charge on any atom is 0.319 e. The maximum absolute atomic E-state index is 13.1. The monoisotopic (exact) mass is 441 g/mol. The van der Waals surface area contributed by atoms with Crippen molar-refractivity contribution in [3.63, 3.8) is 0 Å². The summed E-state index contributed by atoms with van der Waals surface area (Å²) in [5.74, 6) is 0.202. The summed E-state index contributed by atoms with van der Waals surface area (Å²) in [6, 6.07) is 12.7. The van der Waals surface area contributed by atoms with Gasteiger partial charge in [-0.3, -0.25) is 9.69 Å². The Labute approximate surface area is 188 Å². The number of rotatable bonds is 8. The van der Waals surface area contributed by atoms with Crippen molar-refractivity contribution >= 4 is 17.5 Å². The molecule has 172 valence electrons. The average Bonchev–Trinajstić information content (AvgIpc) is 2.75. The Morgan fingerprint density at radius 1 is 1.19 bits per heavy atom. The average molecular weight is 442 g/mol. The Bertz CT molecular complexity index is 938. The molecule has 0 unspecified atom stereocenters. The molecule has 0 radical (unpaired) electrons. The smallest absolute Gasteiger partial charge is 0.319 e. The predicted molar refractivity (Wildman–Crippen MR) is 123 cm³/mol. The molecule has 1 heterocycles. The first kappa shape index (κ1) is 23.9. The summed E-state index contributed by atoms with van der Waals surface area (Å²) in [6.07, 6.45) is 2.91. The first-order valence-corrected chi connectivity index (χ1v) is 11.0. The maximum atomic E-state index is 13.1. The zero-order valence-electron chi connectivity index (χ0n) is 18.8. The normalized spacial score (nSPS) is 17.0. The van der Waals surface area contributed by atoms with E-state index in [1.165, 1.54) is 24.0 Å². The minimum atomic E-state index is -1.18. The molecule has 7 heteroatoms. The predicted octanol–water partition coefficient (Wildman–Crippen LogP) is 3.62. The molecule has 1 fully saturated rings. The van der Waals surface area contributed by atoms with Gasteiger partial charge in [-0.25, -0.2) is 9.18 Å². The number of piperidine rings is 1. The van der Waals surface area contributed by atoms with Crippen molar-refractivity contribution in [2.75, 3.05) is 31.1 Å². The van der Waals surface area contributed by atoms with Crippen LogP contribution in [0, 0.1) is 11.7 Å². The molecule has 2 aromatic rings. The number of carbonyl (C=O) groups is 2. The van der Waals surface area contributed by atoms with Gasteiger partial charge in [0.2, 0.25) is 0 Å². The SMILES string of the molecule is CC(=O)c1cccc(N(C[C@](C)(O)CN2CCC(Cc3ccc(F)cc3)CC2)C(N)=O)c1. The third-order valence-corrected chi connectivity index (χ3v) is 6.04. The molecule has 1 atom stereocenters. The minimum Gasteiger partial charge on any atom is -0.387 e. The molecule has 2 aromatic carbocycles. The molecular weight excluding hydrogens is 409 g/mol. The van der Waals surface area contributed by atoms with Crippen LogP contribution in [-0.4, -0.2) is 53.6 Å². The Kier molecular flexibility index (Phi) is 7.64. The van der Waals surface area contributed by atoms with Gasteiger partial charge in [0.25, 0.3) is 0 Å². The lowest BCUT2D eigenvalue weighted by molar-refractivity contribution is 0.0163. The number of ketones is 1. The number of urea groups is 1. The summed E-state index contributed by atoms with van der Waals surface area (Å²) < 4.78 is 13.1. The van der Waals surface area contributed by atoms with Crippen LogP contribution in [0.5, 0.6) is 0 Å². The van der Waals surface area contributed by atoms with Crippen LogP contribution in [0.25, 0.3) is 0 Å². The fourth-order valence-corrected chi connectivity index (χ4v) is 4.36. The van der Waals surface area contributed by atoms with Gasteiger partial charge in [-0.2, -0.15) is 0 Å². The number of anilines is 1. The number of benzene rings is 2. The van der Waals surface area contributed by atoms with Crippen LogP contribution < -0.4 is 10.6 Å². The Balaban J connectivity index is 1.57. The minimum absolute atomic E-state index is 0.0270. The van der Waals surface area contributed by atoms with Crippen molar-refractivity contribution in [2.45, 2.75) is 38.7 Å². The van der Waals surface area contributed by atoms with Gasteiger partial charge in [-0.1, -0.05) is 24.3 Å². The number of nitrogens with two attached hydrogens (primary N) is 1. The summed E-state index contributed by atoms with van der Waals surface area (Å²) >= 11 is 0. The highest BCUT2D eigenvalue weighted by molar-refractivity contribution is 5.97. The molecule has 1 saturated heterocycles. The van der Waals surface area contributed by atoms with Crippen molar-refractivity contribution in [3.05, 3.63) is 65.5 Å². The van der Waals surface area contributed by atoms with Gasteiger partial charge in [0, 0.05) is 17.8 Å². The number of amides is 2. The molecule has 0 aliphatic carbocycles. The molecule has 0 spiro atoms. The van der Waals surface area contributed by atoms with Crippen LogP contribution in [0.2, 0.25) is 0 Å². The second-order valence-electron chi connectivity index (χ2n) is 9.08. The van der Waals surface area contributed by atoms with Gasteiger partial charge in [-0.05, 0) is 81.9 Å². The van der Waals surface area contributed by atoms with Crippen LogP contribution in [0.15, 0.2) is 48.5 Å². The van der Waals surface area contributed by atoms with Crippen LogP contribution >= 0.6 is 0 Å². The summed E-state index contributed by atoms with van der Waals surface area (Å²) in [6.45, 7) is 5.29. The van der Waals surface area contributed by atoms with E-state index in [9.17, 15) is 19.1 Å². The number of aliphatic hydroxyl groups is 1. The fraction of sp³-hybridized carbons (Fsp3) is 0.440. The third kappa shape index (κ3) is 6.61. The third-order valence-electron chi connectivity index (χ3n) is 6.04. The quantitative estimate of drug-likeness (QED) is 0.613. The molecule has 6 nitrogen and oxygen atoms in total. The Hall–Kier alpha value is -2.77. The topological polar surface area (TPSA) is 86.9 Å². The second-order valence-corrected chi connectivity index (χ2v) is 9.08. The van der Waals surface area contributed by atoms with Crippen LogP contribution in [0.4, 0.5) is 14.9 Å². The van der Waals surface area contributed by atoms with E-state index in [-0.39, 0.29) is 18.1 Å². The van der Waals surface area contributed by atoms with Gasteiger partial charge in [0.1, 0.15) is 5.82 Å². The van der Waals surface area contributed by atoms with Crippen molar-refractivity contribution in [1.82, 2.24) is 4.90 Å². The van der Waals surface area contributed by atoms with Gasteiger partial charge < -0.3 is 15.7 Å². The molecule has 32 heavy (non-hydrogen) atoms. The lowest BCUT2D eigenvalue weighted by Gasteiger charge is -2.38. The standard InChI is InChI=1S/C25H32FN3O3/c1-18(30)21-4-3-5-23(15-21)29(24(27)31)17-25(2,32)16-28-12-10-20(11-13-28)14-19-6-8-22(26)9-7-19/h3-9,15,20,32H,10-14,16-17H2,1-2H3,(H2,27,31)/t25-/m1/s1. The van der Waals surface area contributed by atoms with E-state index >= 15 is 0 Å². The van der Waals surface area contributed by atoms with Crippen molar-refractivity contribution in [2.24, 2.45) is 11.7 Å². The van der Waals surface area contributed by atoms with Gasteiger partial charge >= 0.3 is 6.03 Å². The highest BCUT2D eigenvalue weighted by Gasteiger charge is 2.31. The zero-order chi connectivity index (χ0) is 23.3. The number of β-amino-alcohol motifs (C(OH)–C–C–N with tert-alkyl or cyclic N) is 1. The lowest BCUT2D eigenvalue weighted by Crippen LogP contribution is -2.53. The summed E-state index contributed by atoms with van der Waals surface area (Å²) in [5, 5.41) is 11.1. The Morgan fingerprint density at radius 2 is 1.84 bits per heavy atom. The van der Waals surface area contributed by atoms with Crippen molar-refractivity contribution in [1.29, 1.82) is 0 Å². The van der Waals surface area contributed by atoms with E-state index < -0.39 is 11.6 Å². The first-order chi connectivity index (χ1) is 15.1. The number of hydrogen-bond acceptors (Lipinski definition) is 4. The van der Waals surface area contributed by atoms with Crippen molar-refractivity contribution < 1.29 is 19.1 Å². The highest BCUT2D eigenvalue weighted by atomic mass is 19.1. The van der Waals surface area contributed by atoms with E-state index in [1.807, 2.05) is 12.1 Å². The van der Waals surface area contributed by atoms with E-state index in [4.69, 9.17) is 5.73 Å². The molecule has 3 rings (SSSR count). The number of Topliss-reactive ketones (excluding diaryl/α,β-unsaturated/α-hetero) is 1. The summed E-state index contributed by atoms with van der Waals surface area (Å²) in [5.41, 5.74) is 6.53. The van der Waals surface area contributed by atoms with Crippen LogP contribution in [0.3, 0.4) is 0 Å². The van der Waals surface area contributed by atoms with Gasteiger partial charge in [-0.15, -0.1) is 0 Å². The van der Waals surface area contributed by atoms with E-state index in [0.717, 1.165) is 37.9 Å². The number of primary amides is 1. The fourth-order valence-electron chi connectivity index (χ4n) is 4.36. The number of nitrogens with zero attached hydrogens (tertiary/aromatic N) is 2. The number of likely N-dealkylation sites (tertiary alicyclic amines) is 1. The molecule has 0 aromatic heterocycles. The lowest BCUT2D eigenvalue weighted by atomic mass is 9.89. The summed E-state index contributed by atoms with van der Waals surface area (Å²) in [7, 11) is 0. The highest BCUT2D eigenvalue weighted by Crippen LogP contribution is 2.25. The first-order valence-electron chi connectivity index (χ1n) is 11.0. The molecule has 0 bridgehead atoms. The molecule has 1 aliphatic heterocycles. The molecule has 0 saturated carbocycles. The van der Waals surface area contributed by atoms with E-state index in [2.05, 4.69) is 4.90 Å². The number of halogens is 1. The van der Waals surface area contributed by atoms with E-state index in [0.29, 0.717) is 23.7 Å². The van der Waals surface area contributed by atoms with Crippen molar-refractivity contribution in [3.8, 4) is 0 Å². The van der Waals surface area contributed by atoms with Gasteiger partial charge in [0.15, 0.2) is 5.78 Å². The largest absolute Gasteiger partial charge is 0.387 e. The Morgan fingerprint density at radius 3 is 2.44 bits per heavy atom.